The Balaban J connectivity index is 1.20. The summed E-state index contributed by atoms with van der Waals surface area (Å²) in [6.45, 7) is 0.326. The average molecular weight is 528 g/mol. The first kappa shape index (κ1) is 24.1. The van der Waals surface area contributed by atoms with Gasteiger partial charge in [0.1, 0.15) is 23.6 Å². The summed E-state index contributed by atoms with van der Waals surface area (Å²) in [6, 6.07) is 12.5. The van der Waals surface area contributed by atoms with Crippen molar-refractivity contribution in [1.82, 2.24) is 5.32 Å². The topological polar surface area (TPSA) is 77.1 Å². The number of rotatable bonds is 5. The highest BCUT2D eigenvalue weighted by atomic mass is 19.4. The van der Waals surface area contributed by atoms with E-state index in [-0.39, 0.29) is 38.8 Å². The Labute approximate surface area is 213 Å². The largest absolute Gasteiger partial charge is 0.491 e. The molecule has 0 saturated heterocycles. The van der Waals surface area contributed by atoms with Gasteiger partial charge < -0.3 is 24.4 Å². The lowest BCUT2D eigenvalue weighted by Crippen LogP contribution is -2.43. The van der Waals surface area contributed by atoms with Gasteiger partial charge in [0, 0.05) is 30.4 Å². The third-order valence-electron chi connectivity index (χ3n) is 7.02. The molecule has 0 saturated carbocycles. The Kier molecular flexibility index (Phi) is 5.48. The Morgan fingerprint density at radius 1 is 0.974 bits per heavy atom. The molecule has 0 fully saturated rings. The van der Waals surface area contributed by atoms with Crippen LogP contribution in [0, 0.1) is 5.82 Å². The van der Waals surface area contributed by atoms with Crippen molar-refractivity contribution in [2.75, 3.05) is 31.4 Å². The molecule has 196 valence electrons. The first-order valence-electron chi connectivity index (χ1n) is 11.8. The summed E-state index contributed by atoms with van der Waals surface area (Å²) in [7, 11) is 0. The fraction of sp³-hybridized carbons (Fsp3) is 0.259. The fourth-order valence-corrected chi connectivity index (χ4v) is 5.27. The molecule has 0 aromatic heterocycles. The highest BCUT2D eigenvalue weighted by molar-refractivity contribution is 6.11. The predicted molar refractivity (Wildman–Crippen MR) is 126 cm³/mol. The van der Waals surface area contributed by atoms with Gasteiger partial charge in [0.05, 0.1) is 11.1 Å². The highest BCUT2D eigenvalue weighted by Crippen LogP contribution is 2.55. The maximum Gasteiger partial charge on any atom is 0.417 e. The van der Waals surface area contributed by atoms with Crippen molar-refractivity contribution < 1.29 is 41.4 Å². The number of hydrogen-bond donors (Lipinski definition) is 1. The highest BCUT2D eigenvalue weighted by Gasteiger charge is 2.57. The number of nitrogens with zero attached hydrogens (tertiary/aromatic N) is 1. The molecule has 0 bridgehead atoms. The molecular formula is C27H20F4N2O5. The number of carbonyl (C=O) groups excluding carboxylic acids is 2. The van der Waals surface area contributed by atoms with Crippen molar-refractivity contribution in [2.24, 2.45) is 0 Å². The van der Waals surface area contributed by atoms with Crippen LogP contribution in [0.2, 0.25) is 0 Å². The summed E-state index contributed by atoms with van der Waals surface area (Å²) >= 11 is 0. The van der Waals surface area contributed by atoms with Gasteiger partial charge in [0.25, 0.3) is 5.91 Å². The van der Waals surface area contributed by atoms with Crippen LogP contribution in [0.25, 0.3) is 0 Å². The average Bonchev–Trinajstić information content (AvgIpc) is 3.56. The molecule has 2 amide bonds. The van der Waals surface area contributed by atoms with E-state index in [1.807, 2.05) is 18.2 Å². The van der Waals surface area contributed by atoms with E-state index in [9.17, 15) is 27.2 Å². The zero-order valence-corrected chi connectivity index (χ0v) is 19.7. The van der Waals surface area contributed by atoms with Crippen LogP contribution in [-0.2, 0) is 16.4 Å². The third kappa shape index (κ3) is 3.64. The number of fused-ring (bicyclic) bond motifs is 5. The molecule has 6 rings (SSSR count). The molecule has 3 aromatic carbocycles. The maximum atomic E-state index is 13.9. The molecule has 1 N–H and O–H groups in total. The number of alkyl halides is 3. The molecule has 11 heteroatoms. The van der Waals surface area contributed by atoms with Crippen molar-refractivity contribution >= 4 is 17.5 Å². The summed E-state index contributed by atoms with van der Waals surface area (Å²) in [5.74, 6) is -0.617. The van der Waals surface area contributed by atoms with Crippen molar-refractivity contribution in [3.63, 3.8) is 0 Å². The van der Waals surface area contributed by atoms with Gasteiger partial charge in [-0.1, -0.05) is 18.2 Å². The van der Waals surface area contributed by atoms with Crippen LogP contribution < -0.4 is 24.4 Å². The van der Waals surface area contributed by atoms with Crippen LogP contribution in [-0.4, -0.2) is 38.3 Å². The minimum Gasteiger partial charge on any atom is -0.491 e. The maximum absolute atomic E-state index is 13.9. The summed E-state index contributed by atoms with van der Waals surface area (Å²) in [5, 5.41) is 2.41. The number of nitrogens with one attached hydrogen (secondary N) is 1. The van der Waals surface area contributed by atoms with Crippen molar-refractivity contribution in [3.8, 4) is 17.2 Å². The summed E-state index contributed by atoms with van der Waals surface area (Å²) < 4.78 is 70.3. The zero-order valence-electron chi connectivity index (χ0n) is 19.7. The lowest BCUT2D eigenvalue weighted by Gasteiger charge is -2.23. The minimum absolute atomic E-state index is 0.0304. The number of carbonyl (C=O) groups is 2. The van der Waals surface area contributed by atoms with E-state index in [1.165, 1.54) is 0 Å². The van der Waals surface area contributed by atoms with E-state index in [4.69, 9.17) is 14.2 Å². The second kappa shape index (κ2) is 8.64. The Morgan fingerprint density at radius 3 is 2.53 bits per heavy atom. The molecule has 0 radical (unpaired) electrons. The summed E-state index contributed by atoms with van der Waals surface area (Å²) in [6.07, 6.45) is -4.56. The molecule has 38 heavy (non-hydrogen) atoms. The van der Waals surface area contributed by atoms with E-state index in [0.29, 0.717) is 46.7 Å². The smallest absolute Gasteiger partial charge is 0.417 e. The standard InChI is InChI=1S/C27H20F4N2O5/c28-15-6-7-17(27(29,30)31)16(10-15)24(34)32-8-3-9-33-20-5-2-1-4-18(20)26(25(33)35)13-36-21-12-23-22(11-19(21)26)37-14-38-23/h1-2,4-7,10-12H,3,8-9,13-14H2,(H,32,34). The van der Waals surface area contributed by atoms with Crippen LogP contribution in [0.4, 0.5) is 23.2 Å². The van der Waals surface area contributed by atoms with E-state index in [2.05, 4.69) is 5.32 Å². The first-order valence-corrected chi connectivity index (χ1v) is 11.8. The second-order valence-electron chi connectivity index (χ2n) is 9.17. The number of ether oxygens (including phenoxy) is 3. The fourth-order valence-electron chi connectivity index (χ4n) is 5.27. The molecule has 3 aromatic rings. The van der Waals surface area contributed by atoms with Gasteiger partial charge in [-0.3, -0.25) is 9.59 Å². The molecule has 0 aliphatic carbocycles. The number of amides is 2. The van der Waals surface area contributed by atoms with E-state index in [1.54, 1.807) is 23.1 Å². The molecule has 3 aliphatic heterocycles. The molecule has 3 aliphatic rings. The van der Waals surface area contributed by atoms with Gasteiger partial charge in [-0.25, -0.2) is 4.39 Å². The Morgan fingerprint density at radius 2 is 1.74 bits per heavy atom. The molecule has 1 atom stereocenters. The van der Waals surface area contributed by atoms with Gasteiger partial charge in [-0.2, -0.15) is 13.2 Å². The van der Waals surface area contributed by atoms with Gasteiger partial charge in [0.2, 0.25) is 12.7 Å². The lowest BCUT2D eigenvalue weighted by molar-refractivity contribution is -0.138. The molecular weight excluding hydrogens is 508 g/mol. The van der Waals surface area contributed by atoms with Crippen molar-refractivity contribution in [3.05, 3.63) is 82.7 Å². The molecule has 3 heterocycles. The van der Waals surface area contributed by atoms with E-state index in [0.717, 1.165) is 5.56 Å². The normalized spacial score (nSPS) is 18.9. The van der Waals surface area contributed by atoms with Crippen LogP contribution in [0.15, 0.2) is 54.6 Å². The Bertz CT molecular complexity index is 1470. The van der Waals surface area contributed by atoms with Crippen LogP contribution in [0.1, 0.15) is 33.5 Å². The molecule has 1 spiro atoms. The number of benzene rings is 3. The number of anilines is 1. The monoisotopic (exact) mass is 528 g/mol. The van der Waals surface area contributed by atoms with Gasteiger partial charge in [0.15, 0.2) is 11.5 Å². The van der Waals surface area contributed by atoms with Crippen molar-refractivity contribution in [1.29, 1.82) is 0 Å². The molecule has 1 unspecified atom stereocenters. The summed E-state index contributed by atoms with van der Waals surface area (Å²) in [5.41, 5.74) is -0.982. The minimum atomic E-state index is -4.81. The number of halogens is 4. The van der Waals surface area contributed by atoms with Gasteiger partial charge >= 0.3 is 6.18 Å². The summed E-state index contributed by atoms with van der Waals surface area (Å²) in [4.78, 5) is 28.0. The van der Waals surface area contributed by atoms with Crippen molar-refractivity contribution in [2.45, 2.75) is 18.0 Å². The van der Waals surface area contributed by atoms with Crippen LogP contribution >= 0.6 is 0 Å². The first-order chi connectivity index (χ1) is 18.2. The SMILES string of the molecule is O=C(NCCCN1C(=O)C2(COc3cc4c(cc32)OCO4)c2ccccc21)c1cc(F)ccc1C(F)(F)F. The van der Waals surface area contributed by atoms with Gasteiger partial charge in [-0.05, 0) is 42.3 Å². The zero-order chi connectivity index (χ0) is 26.7. The third-order valence-corrected chi connectivity index (χ3v) is 7.02. The Hall–Kier alpha value is -4.28. The van der Waals surface area contributed by atoms with E-state index < -0.39 is 34.4 Å². The predicted octanol–water partition coefficient (Wildman–Crippen LogP) is 4.42. The van der Waals surface area contributed by atoms with E-state index >= 15 is 0 Å². The lowest BCUT2D eigenvalue weighted by atomic mass is 9.77. The molecule has 7 nitrogen and oxygen atoms in total. The quantitative estimate of drug-likeness (QED) is 0.392. The van der Waals surface area contributed by atoms with Gasteiger partial charge in [-0.15, -0.1) is 0 Å². The van der Waals surface area contributed by atoms with Crippen LogP contribution in [0.3, 0.4) is 0 Å². The second-order valence-corrected chi connectivity index (χ2v) is 9.17. The van der Waals surface area contributed by atoms with Crippen LogP contribution in [0.5, 0.6) is 17.2 Å². The number of para-hydroxylation sites is 1. The number of hydrogen-bond acceptors (Lipinski definition) is 5.